The second kappa shape index (κ2) is 6.74. The van der Waals surface area contributed by atoms with Gasteiger partial charge in [-0.2, -0.15) is 0 Å². The second-order valence-electron chi connectivity index (χ2n) is 5.92. The molecule has 0 bridgehead atoms. The van der Waals surface area contributed by atoms with E-state index in [0.29, 0.717) is 0 Å². The molecule has 0 saturated carbocycles. The van der Waals surface area contributed by atoms with Crippen molar-refractivity contribution in [1.29, 1.82) is 0 Å². The van der Waals surface area contributed by atoms with E-state index in [9.17, 15) is 4.79 Å². The zero-order chi connectivity index (χ0) is 17.1. The lowest BCUT2D eigenvalue weighted by atomic mass is 10.1. The molecule has 3 rings (SSSR count). The van der Waals surface area contributed by atoms with Crippen LogP contribution in [-0.2, 0) is 4.79 Å². The molecule has 0 aliphatic rings. The van der Waals surface area contributed by atoms with Crippen molar-refractivity contribution in [2.45, 2.75) is 26.8 Å². The summed E-state index contributed by atoms with van der Waals surface area (Å²) in [7, 11) is 0. The molecular weight excluding hydrogens is 302 g/mol. The van der Waals surface area contributed by atoms with Crippen LogP contribution in [0.4, 0.5) is 0 Å². The third kappa shape index (κ3) is 3.40. The highest BCUT2D eigenvalue weighted by atomic mass is 16.5. The van der Waals surface area contributed by atoms with Crippen molar-refractivity contribution in [2.75, 3.05) is 6.61 Å². The summed E-state index contributed by atoms with van der Waals surface area (Å²) in [5, 5.41) is 2.90. The number of H-pyrrole nitrogens is 1. The van der Waals surface area contributed by atoms with Gasteiger partial charge in [0, 0.05) is 0 Å². The van der Waals surface area contributed by atoms with Crippen LogP contribution < -0.4 is 10.1 Å². The molecular formula is C19H21N3O2. The first-order valence-corrected chi connectivity index (χ1v) is 7.97. The van der Waals surface area contributed by atoms with Crippen LogP contribution in [-0.4, -0.2) is 22.5 Å². The van der Waals surface area contributed by atoms with Crippen molar-refractivity contribution < 1.29 is 9.53 Å². The van der Waals surface area contributed by atoms with Gasteiger partial charge in [0.25, 0.3) is 5.91 Å². The first kappa shape index (κ1) is 16.1. The molecule has 1 aromatic heterocycles. The van der Waals surface area contributed by atoms with Gasteiger partial charge < -0.3 is 15.0 Å². The Kier molecular flexibility index (Phi) is 4.51. The van der Waals surface area contributed by atoms with Crippen molar-refractivity contribution in [2.24, 2.45) is 0 Å². The van der Waals surface area contributed by atoms with E-state index < -0.39 is 0 Å². The number of hydrogen-bond acceptors (Lipinski definition) is 3. The number of amides is 1. The minimum atomic E-state index is -0.216. The maximum atomic E-state index is 12.1. The lowest BCUT2D eigenvalue weighted by Crippen LogP contribution is -2.31. The molecule has 0 aliphatic carbocycles. The fraction of sp³-hybridized carbons (Fsp3) is 0.263. The maximum Gasteiger partial charge on any atom is 0.258 e. The van der Waals surface area contributed by atoms with Crippen LogP contribution >= 0.6 is 0 Å². The quantitative estimate of drug-likeness (QED) is 0.756. The zero-order valence-corrected chi connectivity index (χ0v) is 14.1. The van der Waals surface area contributed by atoms with Crippen LogP contribution in [0.3, 0.4) is 0 Å². The average Bonchev–Trinajstić information content (AvgIpc) is 3.00. The number of aromatic amines is 1. The number of para-hydroxylation sites is 2. The number of benzene rings is 2. The third-order valence-corrected chi connectivity index (χ3v) is 4.11. The number of fused-ring (bicyclic) bond motifs is 1. The number of aromatic nitrogens is 2. The maximum absolute atomic E-state index is 12.1. The highest BCUT2D eigenvalue weighted by Gasteiger charge is 2.14. The molecule has 0 aliphatic heterocycles. The molecule has 5 heteroatoms. The van der Waals surface area contributed by atoms with Gasteiger partial charge in [0.15, 0.2) is 6.61 Å². The number of nitrogens with zero attached hydrogens (tertiary/aromatic N) is 1. The second-order valence-corrected chi connectivity index (χ2v) is 5.92. The summed E-state index contributed by atoms with van der Waals surface area (Å²) in [5.41, 5.74) is 4.04. The molecule has 5 nitrogen and oxygen atoms in total. The van der Waals surface area contributed by atoms with Gasteiger partial charge in [0.2, 0.25) is 0 Å². The van der Waals surface area contributed by atoms with E-state index in [-0.39, 0.29) is 18.6 Å². The summed E-state index contributed by atoms with van der Waals surface area (Å²) >= 11 is 0. The molecule has 2 aromatic carbocycles. The number of carbonyl (C=O) groups excluding carboxylic acids is 1. The molecule has 0 unspecified atom stereocenters. The fourth-order valence-corrected chi connectivity index (χ4v) is 2.55. The number of imidazole rings is 1. The van der Waals surface area contributed by atoms with Crippen LogP contribution in [0.25, 0.3) is 11.0 Å². The van der Waals surface area contributed by atoms with Gasteiger partial charge in [-0.3, -0.25) is 4.79 Å². The highest BCUT2D eigenvalue weighted by Crippen LogP contribution is 2.20. The number of ether oxygens (including phenoxy) is 1. The SMILES string of the molecule is Cc1cccc(OCC(=O)N[C@@H](C)c2nc3ccccc3[nH]2)c1C. The van der Waals surface area contributed by atoms with E-state index in [4.69, 9.17) is 4.74 Å². The van der Waals surface area contributed by atoms with Gasteiger partial charge in [-0.05, 0) is 50.1 Å². The molecule has 124 valence electrons. The van der Waals surface area contributed by atoms with E-state index >= 15 is 0 Å². The lowest BCUT2D eigenvalue weighted by molar-refractivity contribution is -0.123. The Morgan fingerprint density at radius 1 is 1.21 bits per heavy atom. The number of rotatable bonds is 5. The van der Waals surface area contributed by atoms with Crippen molar-refractivity contribution in [3.63, 3.8) is 0 Å². The Labute approximate surface area is 141 Å². The van der Waals surface area contributed by atoms with Gasteiger partial charge in [-0.1, -0.05) is 24.3 Å². The van der Waals surface area contributed by atoms with Gasteiger partial charge in [0.1, 0.15) is 11.6 Å². The topological polar surface area (TPSA) is 67.0 Å². The zero-order valence-electron chi connectivity index (χ0n) is 14.1. The van der Waals surface area contributed by atoms with Crippen LogP contribution in [0.1, 0.15) is 29.9 Å². The summed E-state index contributed by atoms with van der Waals surface area (Å²) in [6.07, 6.45) is 0. The molecule has 1 amide bonds. The minimum Gasteiger partial charge on any atom is -0.483 e. The smallest absolute Gasteiger partial charge is 0.258 e. The lowest BCUT2D eigenvalue weighted by Gasteiger charge is -2.13. The average molecular weight is 323 g/mol. The number of carbonyl (C=O) groups is 1. The molecule has 0 saturated heterocycles. The largest absolute Gasteiger partial charge is 0.483 e. The molecule has 3 aromatic rings. The van der Waals surface area contributed by atoms with E-state index in [1.165, 1.54) is 0 Å². The molecule has 0 radical (unpaired) electrons. The Balaban J connectivity index is 1.60. The van der Waals surface area contributed by atoms with Crippen molar-refractivity contribution >= 4 is 16.9 Å². The summed E-state index contributed by atoms with van der Waals surface area (Å²) in [4.78, 5) is 19.9. The van der Waals surface area contributed by atoms with Crippen LogP contribution in [0.2, 0.25) is 0 Å². The fourth-order valence-electron chi connectivity index (χ4n) is 2.55. The summed E-state index contributed by atoms with van der Waals surface area (Å²) in [6, 6.07) is 13.4. The van der Waals surface area contributed by atoms with Gasteiger partial charge in [-0.15, -0.1) is 0 Å². The Hall–Kier alpha value is -2.82. The summed E-state index contributed by atoms with van der Waals surface area (Å²) < 4.78 is 5.63. The number of aryl methyl sites for hydroxylation is 1. The number of nitrogens with one attached hydrogen (secondary N) is 2. The first-order chi connectivity index (χ1) is 11.5. The molecule has 0 fully saturated rings. The summed E-state index contributed by atoms with van der Waals surface area (Å²) in [5.74, 6) is 1.29. The highest BCUT2D eigenvalue weighted by molar-refractivity contribution is 5.78. The van der Waals surface area contributed by atoms with Crippen LogP contribution in [0.5, 0.6) is 5.75 Å². The molecule has 2 N–H and O–H groups in total. The predicted octanol–water partition coefficient (Wildman–Crippen LogP) is 3.44. The first-order valence-electron chi connectivity index (χ1n) is 7.97. The van der Waals surface area contributed by atoms with Crippen LogP contribution in [0.15, 0.2) is 42.5 Å². The third-order valence-electron chi connectivity index (χ3n) is 4.11. The molecule has 0 spiro atoms. The standard InChI is InChI=1S/C19H21N3O2/c1-12-7-6-10-17(13(12)2)24-11-18(23)20-14(3)19-21-15-8-4-5-9-16(15)22-19/h4-10,14H,11H2,1-3H3,(H,20,23)(H,21,22)/t14-/m0/s1. The Bertz CT molecular complexity index is 837. The number of hydrogen-bond donors (Lipinski definition) is 2. The van der Waals surface area contributed by atoms with Gasteiger partial charge in [0.05, 0.1) is 17.1 Å². The molecule has 24 heavy (non-hydrogen) atoms. The minimum absolute atomic E-state index is 0.0190. The summed E-state index contributed by atoms with van der Waals surface area (Å²) in [6.45, 7) is 5.88. The normalized spacial score (nSPS) is 12.1. The van der Waals surface area contributed by atoms with E-state index in [2.05, 4.69) is 15.3 Å². The Morgan fingerprint density at radius 3 is 2.79 bits per heavy atom. The molecule has 1 atom stereocenters. The van der Waals surface area contributed by atoms with E-state index in [1.54, 1.807) is 0 Å². The van der Waals surface area contributed by atoms with Crippen molar-refractivity contribution in [1.82, 2.24) is 15.3 Å². The van der Waals surface area contributed by atoms with E-state index in [0.717, 1.165) is 33.7 Å². The Morgan fingerprint density at radius 2 is 2.00 bits per heavy atom. The monoisotopic (exact) mass is 323 g/mol. The van der Waals surface area contributed by atoms with E-state index in [1.807, 2.05) is 63.2 Å². The van der Waals surface area contributed by atoms with Crippen molar-refractivity contribution in [3.8, 4) is 5.75 Å². The van der Waals surface area contributed by atoms with Crippen molar-refractivity contribution in [3.05, 3.63) is 59.4 Å². The van der Waals surface area contributed by atoms with Gasteiger partial charge in [-0.25, -0.2) is 4.98 Å². The predicted molar refractivity (Wildman–Crippen MR) is 94.1 cm³/mol. The van der Waals surface area contributed by atoms with Gasteiger partial charge >= 0.3 is 0 Å². The molecule has 1 heterocycles. The van der Waals surface area contributed by atoms with Crippen LogP contribution in [0, 0.1) is 13.8 Å².